The predicted molar refractivity (Wildman–Crippen MR) is 74.7 cm³/mol. The van der Waals surface area contributed by atoms with Crippen LogP contribution >= 0.6 is 0 Å². The highest BCUT2D eigenvalue weighted by Gasteiger charge is 2.17. The SMILES string of the molecule is CCN(Cc1ccco1)C(=O)CCC1CCCCN1. The number of furan rings is 1. The maximum absolute atomic E-state index is 12.2. The first-order chi connectivity index (χ1) is 9.29. The summed E-state index contributed by atoms with van der Waals surface area (Å²) in [5.74, 6) is 1.08. The zero-order valence-electron chi connectivity index (χ0n) is 11.7. The van der Waals surface area contributed by atoms with Crippen molar-refractivity contribution in [2.24, 2.45) is 0 Å². The summed E-state index contributed by atoms with van der Waals surface area (Å²) in [6.45, 7) is 4.43. The van der Waals surface area contributed by atoms with Gasteiger partial charge in [0, 0.05) is 19.0 Å². The lowest BCUT2D eigenvalue weighted by Crippen LogP contribution is -2.36. The fourth-order valence-corrected chi connectivity index (χ4v) is 2.59. The minimum Gasteiger partial charge on any atom is -0.467 e. The number of nitrogens with zero attached hydrogens (tertiary/aromatic N) is 1. The second kappa shape index (κ2) is 7.34. The van der Waals surface area contributed by atoms with Crippen molar-refractivity contribution < 1.29 is 9.21 Å². The molecule has 1 aromatic rings. The molecule has 1 aliphatic heterocycles. The van der Waals surface area contributed by atoms with Crippen LogP contribution in [0.15, 0.2) is 22.8 Å². The molecule has 0 spiro atoms. The fraction of sp³-hybridized carbons (Fsp3) is 0.667. The molecular weight excluding hydrogens is 240 g/mol. The molecule has 1 atom stereocenters. The summed E-state index contributed by atoms with van der Waals surface area (Å²) in [4.78, 5) is 14.1. The van der Waals surface area contributed by atoms with Crippen molar-refractivity contribution in [2.75, 3.05) is 13.1 Å². The Morgan fingerprint density at radius 3 is 3.05 bits per heavy atom. The lowest BCUT2D eigenvalue weighted by atomic mass is 10.0. The van der Waals surface area contributed by atoms with E-state index in [2.05, 4.69) is 5.32 Å². The van der Waals surface area contributed by atoms with Gasteiger partial charge in [-0.05, 0) is 44.9 Å². The van der Waals surface area contributed by atoms with Gasteiger partial charge in [-0.15, -0.1) is 0 Å². The van der Waals surface area contributed by atoms with Gasteiger partial charge in [0.1, 0.15) is 5.76 Å². The van der Waals surface area contributed by atoms with E-state index in [4.69, 9.17) is 4.42 Å². The first-order valence-electron chi connectivity index (χ1n) is 7.33. The Kier molecular flexibility index (Phi) is 5.45. The molecule has 2 heterocycles. The monoisotopic (exact) mass is 264 g/mol. The van der Waals surface area contributed by atoms with E-state index in [1.54, 1.807) is 6.26 Å². The van der Waals surface area contributed by atoms with Crippen molar-refractivity contribution in [3.63, 3.8) is 0 Å². The molecule has 1 amide bonds. The maximum atomic E-state index is 12.2. The smallest absolute Gasteiger partial charge is 0.223 e. The number of carbonyl (C=O) groups is 1. The molecule has 0 saturated carbocycles. The number of nitrogens with one attached hydrogen (secondary N) is 1. The Hall–Kier alpha value is -1.29. The number of piperidine rings is 1. The second-order valence-electron chi connectivity index (χ2n) is 5.17. The van der Waals surface area contributed by atoms with E-state index in [1.165, 1.54) is 19.3 Å². The van der Waals surface area contributed by atoms with Crippen LogP contribution in [0.4, 0.5) is 0 Å². The van der Waals surface area contributed by atoms with E-state index in [9.17, 15) is 4.79 Å². The van der Waals surface area contributed by atoms with Gasteiger partial charge in [-0.25, -0.2) is 0 Å². The minimum absolute atomic E-state index is 0.228. The average molecular weight is 264 g/mol. The first kappa shape index (κ1) is 14.1. The Morgan fingerprint density at radius 2 is 2.42 bits per heavy atom. The Labute approximate surface area is 115 Å². The molecule has 0 radical (unpaired) electrons. The first-order valence-corrected chi connectivity index (χ1v) is 7.33. The van der Waals surface area contributed by atoms with Crippen molar-refractivity contribution >= 4 is 5.91 Å². The third kappa shape index (κ3) is 4.39. The third-order valence-electron chi connectivity index (χ3n) is 3.78. The van der Waals surface area contributed by atoms with Crippen LogP contribution in [0.5, 0.6) is 0 Å². The van der Waals surface area contributed by atoms with E-state index < -0.39 is 0 Å². The molecule has 4 nitrogen and oxygen atoms in total. The van der Waals surface area contributed by atoms with Gasteiger partial charge in [0.15, 0.2) is 0 Å². The van der Waals surface area contributed by atoms with Crippen LogP contribution in [0.25, 0.3) is 0 Å². The lowest BCUT2D eigenvalue weighted by Gasteiger charge is -2.25. The Balaban J connectivity index is 1.76. The van der Waals surface area contributed by atoms with E-state index in [0.29, 0.717) is 19.0 Å². The van der Waals surface area contributed by atoms with E-state index in [0.717, 1.165) is 25.3 Å². The zero-order chi connectivity index (χ0) is 13.5. The quantitative estimate of drug-likeness (QED) is 0.859. The number of amides is 1. The van der Waals surface area contributed by atoms with Crippen molar-refractivity contribution in [1.82, 2.24) is 10.2 Å². The van der Waals surface area contributed by atoms with Gasteiger partial charge in [-0.1, -0.05) is 6.42 Å². The molecule has 4 heteroatoms. The Morgan fingerprint density at radius 1 is 1.53 bits per heavy atom. The van der Waals surface area contributed by atoms with Crippen LogP contribution in [0.1, 0.15) is 44.8 Å². The Bertz CT molecular complexity index is 370. The average Bonchev–Trinajstić information content (AvgIpc) is 2.96. The predicted octanol–water partition coefficient (Wildman–Crippen LogP) is 2.55. The van der Waals surface area contributed by atoms with Gasteiger partial charge in [0.25, 0.3) is 0 Å². The lowest BCUT2D eigenvalue weighted by molar-refractivity contribution is -0.132. The van der Waals surface area contributed by atoms with Gasteiger partial charge in [-0.2, -0.15) is 0 Å². The highest BCUT2D eigenvalue weighted by Crippen LogP contribution is 2.14. The molecule has 2 rings (SSSR count). The third-order valence-corrected chi connectivity index (χ3v) is 3.78. The molecule has 1 fully saturated rings. The van der Waals surface area contributed by atoms with E-state index in [-0.39, 0.29) is 5.91 Å². The molecule has 1 saturated heterocycles. The summed E-state index contributed by atoms with van der Waals surface area (Å²) in [5.41, 5.74) is 0. The molecule has 0 bridgehead atoms. The normalized spacial score (nSPS) is 19.3. The molecule has 1 aliphatic rings. The number of hydrogen-bond donors (Lipinski definition) is 1. The van der Waals surface area contributed by atoms with Gasteiger partial charge in [0.05, 0.1) is 12.8 Å². The summed E-state index contributed by atoms with van der Waals surface area (Å²) in [6, 6.07) is 4.30. The largest absolute Gasteiger partial charge is 0.467 e. The van der Waals surface area contributed by atoms with Crippen molar-refractivity contribution in [2.45, 2.75) is 51.6 Å². The van der Waals surface area contributed by atoms with Crippen molar-refractivity contribution in [1.29, 1.82) is 0 Å². The molecule has 0 aromatic carbocycles. The summed E-state index contributed by atoms with van der Waals surface area (Å²) in [7, 11) is 0. The maximum Gasteiger partial charge on any atom is 0.223 e. The standard InChI is InChI=1S/C15H24N2O2/c1-2-17(12-14-7-5-11-19-14)15(18)9-8-13-6-3-4-10-16-13/h5,7,11,13,16H,2-4,6,8-10,12H2,1H3. The molecule has 1 aromatic heterocycles. The van der Waals surface area contributed by atoms with Gasteiger partial charge in [0.2, 0.25) is 5.91 Å². The minimum atomic E-state index is 0.228. The van der Waals surface area contributed by atoms with Crippen LogP contribution in [0.2, 0.25) is 0 Å². The summed E-state index contributed by atoms with van der Waals surface area (Å²) in [5, 5.41) is 3.49. The highest BCUT2D eigenvalue weighted by atomic mass is 16.3. The highest BCUT2D eigenvalue weighted by molar-refractivity contribution is 5.76. The van der Waals surface area contributed by atoms with Crippen LogP contribution in [0, 0.1) is 0 Å². The summed E-state index contributed by atoms with van der Waals surface area (Å²) < 4.78 is 5.30. The fourth-order valence-electron chi connectivity index (χ4n) is 2.59. The van der Waals surface area contributed by atoms with Crippen LogP contribution in [-0.4, -0.2) is 29.9 Å². The zero-order valence-corrected chi connectivity index (χ0v) is 11.7. The molecule has 19 heavy (non-hydrogen) atoms. The van der Waals surface area contributed by atoms with Crippen molar-refractivity contribution in [3.8, 4) is 0 Å². The van der Waals surface area contributed by atoms with Crippen LogP contribution in [0.3, 0.4) is 0 Å². The van der Waals surface area contributed by atoms with Gasteiger partial charge >= 0.3 is 0 Å². The second-order valence-corrected chi connectivity index (χ2v) is 5.17. The number of hydrogen-bond acceptors (Lipinski definition) is 3. The summed E-state index contributed by atoms with van der Waals surface area (Å²) in [6.07, 6.45) is 7.00. The van der Waals surface area contributed by atoms with E-state index >= 15 is 0 Å². The molecule has 0 aliphatic carbocycles. The number of rotatable bonds is 6. The molecule has 1 N–H and O–H groups in total. The topological polar surface area (TPSA) is 45.5 Å². The van der Waals surface area contributed by atoms with Crippen molar-refractivity contribution in [3.05, 3.63) is 24.2 Å². The van der Waals surface area contributed by atoms with Gasteiger partial charge in [-0.3, -0.25) is 4.79 Å². The van der Waals surface area contributed by atoms with Crippen LogP contribution in [-0.2, 0) is 11.3 Å². The van der Waals surface area contributed by atoms with Gasteiger partial charge < -0.3 is 14.6 Å². The molecular formula is C15H24N2O2. The van der Waals surface area contributed by atoms with Crippen LogP contribution < -0.4 is 5.32 Å². The summed E-state index contributed by atoms with van der Waals surface area (Å²) >= 11 is 0. The molecule has 106 valence electrons. The van der Waals surface area contributed by atoms with E-state index in [1.807, 2.05) is 24.0 Å². The number of carbonyl (C=O) groups excluding carboxylic acids is 1. The molecule has 1 unspecified atom stereocenters.